The first-order valence-corrected chi connectivity index (χ1v) is 6.84. The Balaban J connectivity index is 2.33. The number of nitrogens with zero attached hydrogens (tertiary/aromatic N) is 3. The van der Waals surface area contributed by atoms with E-state index in [2.05, 4.69) is 19.9 Å². The van der Waals surface area contributed by atoms with Crippen molar-refractivity contribution in [2.45, 2.75) is 4.90 Å². The van der Waals surface area contributed by atoms with Crippen LogP contribution in [0.1, 0.15) is 0 Å². The van der Waals surface area contributed by atoms with Crippen LogP contribution in [0.15, 0.2) is 35.5 Å². The van der Waals surface area contributed by atoms with Crippen LogP contribution in [0.25, 0.3) is 0 Å². The Morgan fingerprint density at radius 3 is 2.50 bits per heavy atom. The third kappa shape index (κ3) is 2.87. The van der Waals surface area contributed by atoms with E-state index >= 15 is 0 Å². The van der Waals surface area contributed by atoms with Crippen LogP contribution in [-0.2, 0) is 10.0 Å². The van der Waals surface area contributed by atoms with Gasteiger partial charge in [0.2, 0.25) is 0 Å². The minimum atomic E-state index is -3.85. The van der Waals surface area contributed by atoms with Crippen molar-refractivity contribution in [2.75, 3.05) is 4.72 Å². The molecule has 2 aromatic heterocycles. The van der Waals surface area contributed by atoms with Gasteiger partial charge in [-0.05, 0) is 18.2 Å². The first kappa shape index (κ1) is 13.0. The molecule has 0 bridgehead atoms. The molecule has 2 rings (SSSR count). The van der Waals surface area contributed by atoms with Gasteiger partial charge in [-0.1, -0.05) is 23.2 Å². The SMILES string of the molecule is O=S(=O)(Nc1ccc(Cl)nn1)c1cnccc1Cl. The molecule has 0 saturated carbocycles. The maximum Gasteiger partial charge on any atom is 0.266 e. The van der Waals surface area contributed by atoms with Crippen molar-refractivity contribution in [3.8, 4) is 0 Å². The molecule has 0 aliphatic carbocycles. The number of hydrogen-bond acceptors (Lipinski definition) is 5. The topological polar surface area (TPSA) is 84.8 Å². The Labute approximate surface area is 113 Å². The second-order valence-corrected chi connectivity index (χ2v) is 5.60. The van der Waals surface area contributed by atoms with Gasteiger partial charge >= 0.3 is 0 Å². The molecule has 0 atom stereocenters. The standard InChI is InChI=1S/C9H6Cl2N4O2S/c10-6-3-4-12-5-7(6)18(16,17)15-9-2-1-8(11)13-14-9/h1-5H,(H,14,15). The fraction of sp³-hybridized carbons (Fsp3) is 0. The Morgan fingerprint density at radius 2 is 1.89 bits per heavy atom. The Hall–Kier alpha value is -1.44. The van der Waals surface area contributed by atoms with E-state index in [1.54, 1.807) is 0 Å². The highest BCUT2D eigenvalue weighted by Crippen LogP contribution is 2.21. The number of rotatable bonds is 3. The number of anilines is 1. The van der Waals surface area contributed by atoms with Crippen LogP contribution < -0.4 is 4.72 Å². The highest BCUT2D eigenvalue weighted by molar-refractivity contribution is 7.92. The quantitative estimate of drug-likeness (QED) is 0.937. The number of hydrogen-bond donors (Lipinski definition) is 1. The van der Waals surface area contributed by atoms with Crippen molar-refractivity contribution >= 4 is 39.0 Å². The molecule has 2 heterocycles. The zero-order chi connectivity index (χ0) is 13.2. The van der Waals surface area contributed by atoms with Gasteiger partial charge in [-0.15, -0.1) is 10.2 Å². The fourth-order valence-corrected chi connectivity index (χ4v) is 2.65. The minimum absolute atomic E-state index is 0.0410. The van der Waals surface area contributed by atoms with Gasteiger partial charge in [0.15, 0.2) is 11.0 Å². The summed E-state index contributed by atoms with van der Waals surface area (Å²) < 4.78 is 26.2. The number of sulfonamides is 1. The third-order valence-corrected chi connectivity index (χ3v) is 3.92. The molecule has 0 spiro atoms. The average molecular weight is 305 g/mol. The van der Waals surface area contributed by atoms with Crippen LogP contribution in [0, 0.1) is 0 Å². The first-order valence-electron chi connectivity index (χ1n) is 4.60. The highest BCUT2D eigenvalue weighted by atomic mass is 35.5. The maximum absolute atomic E-state index is 12.0. The summed E-state index contributed by atoms with van der Waals surface area (Å²) in [4.78, 5) is 3.57. The van der Waals surface area contributed by atoms with Crippen molar-refractivity contribution in [3.05, 3.63) is 40.8 Å². The van der Waals surface area contributed by atoms with E-state index < -0.39 is 10.0 Å². The van der Waals surface area contributed by atoms with Crippen LogP contribution >= 0.6 is 23.2 Å². The lowest BCUT2D eigenvalue weighted by atomic mass is 10.5. The van der Waals surface area contributed by atoms with Gasteiger partial charge < -0.3 is 0 Å². The second kappa shape index (κ2) is 5.05. The summed E-state index contributed by atoms with van der Waals surface area (Å²) in [5.41, 5.74) is 0. The lowest BCUT2D eigenvalue weighted by Crippen LogP contribution is -2.15. The number of nitrogens with one attached hydrogen (secondary N) is 1. The maximum atomic E-state index is 12.0. The summed E-state index contributed by atoms with van der Waals surface area (Å²) in [5.74, 6) is 0.0410. The van der Waals surface area contributed by atoms with E-state index in [4.69, 9.17) is 23.2 Å². The summed E-state index contributed by atoms with van der Waals surface area (Å²) in [6.07, 6.45) is 2.54. The summed E-state index contributed by atoms with van der Waals surface area (Å²) in [6, 6.07) is 4.18. The van der Waals surface area contributed by atoms with Gasteiger partial charge in [-0.25, -0.2) is 8.42 Å². The normalized spacial score (nSPS) is 11.2. The van der Waals surface area contributed by atoms with Crippen LogP contribution in [0.4, 0.5) is 5.82 Å². The van der Waals surface area contributed by atoms with Gasteiger partial charge in [-0.2, -0.15) is 0 Å². The molecule has 0 amide bonds. The van der Waals surface area contributed by atoms with Crippen molar-refractivity contribution < 1.29 is 8.42 Å². The Bertz CT molecular complexity index is 661. The van der Waals surface area contributed by atoms with Gasteiger partial charge in [0.1, 0.15) is 4.90 Å². The van der Waals surface area contributed by atoms with E-state index in [1.807, 2.05) is 0 Å². The van der Waals surface area contributed by atoms with Crippen LogP contribution in [-0.4, -0.2) is 23.6 Å². The molecule has 9 heteroatoms. The zero-order valence-corrected chi connectivity index (χ0v) is 11.0. The molecular formula is C9H6Cl2N4O2S. The molecule has 0 unspecified atom stereocenters. The molecule has 94 valence electrons. The predicted molar refractivity (Wildman–Crippen MR) is 67.1 cm³/mol. The smallest absolute Gasteiger partial charge is 0.263 e. The van der Waals surface area contributed by atoms with Crippen LogP contribution in [0.5, 0.6) is 0 Å². The molecule has 0 radical (unpaired) electrons. The molecule has 0 saturated heterocycles. The summed E-state index contributed by atoms with van der Waals surface area (Å²) in [7, 11) is -3.85. The molecule has 0 fully saturated rings. The predicted octanol–water partition coefficient (Wildman–Crippen LogP) is 1.98. The van der Waals surface area contributed by atoms with Gasteiger partial charge in [-0.3, -0.25) is 9.71 Å². The van der Waals surface area contributed by atoms with E-state index in [0.29, 0.717) is 0 Å². The number of pyridine rings is 1. The fourth-order valence-electron chi connectivity index (χ4n) is 1.12. The highest BCUT2D eigenvalue weighted by Gasteiger charge is 2.18. The molecule has 18 heavy (non-hydrogen) atoms. The Kier molecular flexibility index (Phi) is 3.65. The van der Waals surface area contributed by atoms with E-state index in [-0.39, 0.29) is 20.9 Å². The lowest BCUT2D eigenvalue weighted by molar-refractivity contribution is 0.600. The summed E-state index contributed by atoms with van der Waals surface area (Å²) >= 11 is 11.3. The molecule has 0 aliphatic rings. The number of aromatic nitrogens is 3. The van der Waals surface area contributed by atoms with Crippen molar-refractivity contribution in [3.63, 3.8) is 0 Å². The van der Waals surface area contributed by atoms with Crippen LogP contribution in [0.3, 0.4) is 0 Å². The third-order valence-electron chi connectivity index (χ3n) is 1.89. The molecule has 2 aromatic rings. The lowest BCUT2D eigenvalue weighted by Gasteiger charge is -2.07. The largest absolute Gasteiger partial charge is 0.266 e. The van der Waals surface area contributed by atoms with E-state index in [0.717, 1.165) is 6.20 Å². The van der Waals surface area contributed by atoms with Crippen LogP contribution in [0.2, 0.25) is 10.2 Å². The number of halogens is 2. The average Bonchev–Trinajstić information content (AvgIpc) is 2.32. The Morgan fingerprint density at radius 1 is 1.11 bits per heavy atom. The van der Waals surface area contributed by atoms with E-state index in [9.17, 15) is 8.42 Å². The molecule has 1 N–H and O–H groups in total. The molecular weight excluding hydrogens is 299 g/mol. The second-order valence-electron chi connectivity index (χ2n) is 3.15. The monoisotopic (exact) mass is 304 g/mol. The molecule has 0 aliphatic heterocycles. The van der Waals surface area contributed by atoms with Gasteiger partial charge in [0.25, 0.3) is 10.0 Å². The minimum Gasteiger partial charge on any atom is -0.263 e. The molecule has 6 nitrogen and oxygen atoms in total. The van der Waals surface area contributed by atoms with Crippen molar-refractivity contribution in [1.82, 2.24) is 15.2 Å². The molecule has 0 aromatic carbocycles. The van der Waals surface area contributed by atoms with Crippen molar-refractivity contribution in [2.24, 2.45) is 0 Å². The summed E-state index contributed by atoms with van der Waals surface area (Å²) in [5, 5.41) is 7.34. The first-order chi connectivity index (χ1) is 8.49. The summed E-state index contributed by atoms with van der Waals surface area (Å²) in [6.45, 7) is 0. The van der Waals surface area contributed by atoms with E-state index in [1.165, 1.54) is 24.4 Å². The van der Waals surface area contributed by atoms with Gasteiger partial charge in [0.05, 0.1) is 5.02 Å². The van der Waals surface area contributed by atoms with Gasteiger partial charge in [0, 0.05) is 12.4 Å². The zero-order valence-electron chi connectivity index (χ0n) is 8.71. The van der Waals surface area contributed by atoms with Crippen molar-refractivity contribution in [1.29, 1.82) is 0 Å².